The summed E-state index contributed by atoms with van der Waals surface area (Å²) in [7, 11) is 0. The van der Waals surface area contributed by atoms with Gasteiger partial charge in [0.25, 0.3) is 5.91 Å². The fourth-order valence-electron chi connectivity index (χ4n) is 1.19. The molecule has 0 aromatic heterocycles. The second-order valence-electron chi connectivity index (χ2n) is 3.46. The molecule has 2 N–H and O–H groups in total. The average molecular weight is 297 g/mol. The molecule has 1 aromatic rings. The lowest BCUT2D eigenvalue weighted by molar-refractivity contribution is -0.114. The Kier molecular flexibility index (Phi) is 4.90. The molecule has 0 atom stereocenters. The number of hydrogen-bond donors (Lipinski definition) is 2. The van der Waals surface area contributed by atoms with Crippen molar-refractivity contribution in [3.8, 4) is 0 Å². The summed E-state index contributed by atoms with van der Waals surface area (Å²) >= 11 is 3.16. The normalized spacial score (nSPS) is 9.53. The molecule has 5 heteroatoms. The van der Waals surface area contributed by atoms with Gasteiger partial charge in [0.1, 0.15) is 0 Å². The van der Waals surface area contributed by atoms with Gasteiger partial charge in [0.2, 0.25) is 5.91 Å². The maximum absolute atomic E-state index is 11.6. The highest BCUT2D eigenvalue weighted by Crippen LogP contribution is 2.09. The number of halogens is 1. The van der Waals surface area contributed by atoms with Crippen LogP contribution in [0.1, 0.15) is 17.3 Å². The predicted octanol–water partition coefficient (Wildman–Crippen LogP) is 2.28. The summed E-state index contributed by atoms with van der Waals surface area (Å²) < 4.78 is 0.709. The van der Waals surface area contributed by atoms with Crippen LogP contribution in [0.25, 0.3) is 0 Å². The number of anilines is 1. The van der Waals surface area contributed by atoms with E-state index >= 15 is 0 Å². The van der Waals surface area contributed by atoms with Gasteiger partial charge < -0.3 is 10.6 Å². The van der Waals surface area contributed by atoms with Gasteiger partial charge >= 0.3 is 0 Å². The molecule has 0 bridgehead atoms. The molecular weight excluding hydrogens is 284 g/mol. The summed E-state index contributed by atoms with van der Waals surface area (Å²) in [5, 5.41) is 5.31. The Labute approximate surface area is 108 Å². The second-order valence-corrected chi connectivity index (χ2v) is 4.58. The van der Waals surface area contributed by atoms with Gasteiger partial charge in [-0.15, -0.1) is 0 Å². The summed E-state index contributed by atoms with van der Waals surface area (Å²) in [5.41, 5.74) is 1.20. The van der Waals surface area contributed by atoms with Crippen LogP contribution in [0.15, 0.2) is 35.3 Å². The van der Waals surface area contributed by atoms with Crippen molar-refractivity contribution < 1.29 is 9.59 Å². The van der Waals surface area contributed by atoms with Crippen LogP contribution >= 0.6 is 15.9 Å². The summed E-state index contributed by atoms with van der Waals surface area (Å²) in [6, 6.07) is 6.66. The van der Waals surface area contributed by atoms with Gasteiger partial charge in [-0.3, -0.25) is 9.59 Å². The number of benzene rings is 1. The zero-order valence-corrected chi connectivity index (χ0v) is 11.0. The van der Waals surface area contributed by atoms with Gasteiger partial charge in [0, 0.05) is 29.2 Å². The van der Waals surface area contributed by atoms with E-state index in [1.807, 2.05) is 0 Å². The lowest BCUT2D eigenvalue weighted by atomic mass is 10.2. The van der Waals surface area contributed by atoms with Crippen LogP contribution in [0.4, 0.5) is 5.69 Å². The van der Waals surface area contributed by atoms with Crippen LogP contribution < -0.4 is 10.6 Å². The van der Waals surface area contributed by atoms with E-state index in [9.17, 15) is 9.59 Å². The number of nitrogens with one attached hydrogen (secondary N) is 2. The van der Waals surface area contributed by atoms with Crippen LogP contribution in [-0.2, 0) is 4.79 Å². The first-order chi connectivity index (χ1) is 7.99. The van der Waals surface area contributed by atoms with Gasteiger partial charge in [0.15, 0.2) is 0 Å². The van der Waals surface area contributed by atoms with Crippen molar-refractivity contribution in [2.75, 3.05) is 11.9 Å². The third-order valence-electron chi connectivity index (χ3n) is 1.91. The van der Waals surface area contributed by atoms with Crippen molar-refractivity contribution >= 4 is 33.4 Å². The Morgan fingerprint density at radius 1 is 1.29 bits per heavy atom. The first-order valence-electron chi connectivity index (χ1n) is 4.98. The lowest BCUT2D eigenvalue weighted by Gasteiger charge is -2.05. The molecule has 0 saturated heterocycles. The monoisotopic (exact) mass is 296 g/mol. The van der Waals surface area contributed by atoms with Crippen LogP contribution in [-0.4, -0.2) is 18.4 Å². The number of amides is 2. The molecule has 1 aromatic carbocycles. The lowest BCUT2D eigenvalue weighted by Crippen LogP contribution is -2.24. The van der Waals surface area contributed by atoms with E-state index in [0.29, 0.717) is 22.3 Å². The molecule has 90 valence electrons. The van der Waals surface area contributed by atoms with E-state index in [2.05, 4.69) is 33.1 Å². The quantitative estimate of drug-likeness (QED) is 0.895. The third-order valence-corrected chi connectivity index (χ3v) is 2.19. The number of carbonyl (C=O) groups is 2. The molecule has 4 nitrogen and oxygen atoms in total. The molecule has 0 aliphatic carbocycles. The Hall–Kier alpha value is -1.62. The highest BCUT2D eigenvalue weighted by Gasteiger charge is 2.05. The molecule has 17 heavy (non-hydrogen) atoms. The van der Waals surface area contributed by atoms with Gasteiger partial charge in [0.05, 0.1) is 0 Å². The molecule has 0 saturated carbocycles. The number of carbonyl (C=O) groups excluding carboxylic acids is 2. The van der Waals surface area contributed by atoms with E-state index in [-0.39, 0.29) is 11.8 Å². The van der Waals surface area contributed by atoms with Crippen LogP contribution in [0.2, 0.25) is 0 Å². The smallest absolute Gasteiger partial charge is 0.251 e. The first-order valence-corrected chi connectivity index (χ1v) is 5.77. The first kappa shape index (κ1) is 13.4. The molecule has 2 amide bonds. The average Bonchev–Trinajstić information content (AvgIpc) is 2.26. The van der Waals surface area contributed by atoms with E-state index < -0.39 is 0 Å². The van der Waals surface area contributed by atoms with Crippen molar-refractivity contribution in [3.63, 3.8) is 0 Å². The fourth-order valence-corrected chi connectivity index (χ4v) is 1.33. The minimum atomic E-state index is -0.181. The van der Waals surface area contributed by atoms with Gasteiger partial charge in [-0.1, -0.05) is 22.5 Å². The minimum Gasteiger partial charge on any atom is -0.347 e. The Bertz CT molecular complexity index is 440. The molecule has 0 aliphatic rings. The third kappa shape index (κ3) is 4.82. The maximum atomic E-state index is 11.6. The number of rotatable bonds is 4. The van der Waals surface area contributed by atoms with Crippen molar-refractivity contribution in [1.29, 1.82) is 0 Å². The number of hydrogen-bond acceptors (Lipinski definition) is 2. The van der Waals surface area contributed by atoms with Crippen LogP contribution in [0.5, 0.6) is 0 Å². The Morgan fingerprint density at radius 2 is 1.88 bits per heavy atom. The van der Waals surface area contributed by atoms with E-state index in [1.165, 1.54) is 6.92 Å². The molecular formula is C12H13BrN2O2. The fraction of sp³-hybridized carbons (Fsp3) is 0.167. The van der Waals surface area contributed by atoms with Crippen molar-refractivity contribution in [1.82, 2.24) is 5.32 Å². The van der Waals surface area contributed by atoms with Crippen LogP contribution in [0.3, 0.4) is 0 Å². The van der Waals surface area contributed by atoms with Crippen molar-refractivity contribution in [2.24, 2.45) is 0 Å². The zero-order chi connectivity index (χ0) is 12.8. The zero-order valence-electron chi connectivity index (χ0n) is 9.42. The highest BCUT2D eigenvalue weighted by atomic mass is 79.9. The Balaban J connectivity index is 2.63. The summed E-state index contributed by atoms with van der Waals surface area (Å²) in [6.07, 6.45) is 0. The molecule has 0 heterocycles. The Morgan fingerprint density at radius 3 is 2.35 bits per heavy atom. The van der Waals surface area contributed by atoms with Gasteiger partial charge in [-0.2, -0.15) is 0 Å². The molecule has 0 aliphatic heterocycles. The van der Waals surface area contributed by atoms with Crippen molar-refractivity contribution in [2.45, 2.75) is 6.92 Å². The maximum Gasteiger partial charge on any atom is 0.251 e. The van der Waals surface area contributed by atoms with E-state index in [0.717, 1.165) is 0 Å². The van der Waals surface area contributed by atoms with Gasteiger partial charge in [-0.05, 0) is 24.3 Å². The van der Waals surface area contributed by atoms with Crippen molar-refractivity contribution in [3.05, 3.63) is 40.9 Å². The van der Waals surface area contributed by atoms with E-state index in [4.69, 9.17) is 0 Å². The second kappa shape index (κ2) is 6.20. The molecule has 1 rings (SSSR count). The summed E-state index contributed by atoms with van der Waals surface area (Å²) in [6.45, 7) is 5.44. The topological polar surface area (TPSA) is 58.2 Å². The minimum absolute atomic E-state index is 0.141. The molecule has 0 unspecified atom stereocenters. The predicted molar refractivity (Wildman–Crippen MR) is 71.1 cm³/mol. The molecule has 0 fully saturated rings. The van der Waals surface area contributed by atoms with Crippen LogP contribution in [0, 0.1) is 0 Å². The summed E-state index contributed by atoms with van der Waals surface area (Å²) in [5.74, 6) is -0.322. The molecule has 0 spiro atoms. The summed E-state index contributed by atoms with van der Waals surface area (Å²) in [4.78, 5) is 22.4. The largest absolute Gasteiger partial charge is 0.347 e. The highest BCUT2D eigenvalue weighted by molar-refractivity contribution is 9.11. The molecule has 0 radical (unpaired) electrons. The SMILES string of the molecule is C=C(Br)CNC(=O)c1ccc(NC(C)=O)cc1. The standard InChI is InChI=1S/C12H13BrN2O2/c1-8(13)7-14-12(17)10-3-5-11(6-4-10)15-9(2)16/h3-6H,1,7H2,2H3,(H,14,17)(H,15,16). The van der Waals surface area contributed by atoms with E-state index in [1.54, 1.807) is 24.3 Å². The van der Waals surface area contributed by atoms with Gasteiger partial charge in [-0.25, -0.2) is 0 Å².